The van der Waals surface area contributed by atoms with Crippen LogP contribution in [0.25, 0.3) is 0 Å². The Bertz CT molecular complexity index is 973. The first kappa shape index (κ1) is 23.3. The summed E-state index contributed by atoms with van der Waals surface area (Å²) >= 11 is 0. The molecule has 176 valence electrons. The number of nitrogens with zero attached hydrogens (tertiary/aromatic N) is 1. The van der Waals surface area contributed by atoms with Crippen LogP contribution in [-0.2, 0) is 22.4 Å². The molecule has 2 saturated heterocycles. The van der Waals surface area contributed by atoms with Crippen molar-refractivity contribution in [2.45, 2.75) is 56.9 Å². The van der Waals surface area contributed by atoms with Gasteiger partial charge in [0.2, 0.25) is 11.8 Å². The summed E-state index contributed by atoms with van der Waals surface area (Å²) < 4.78 is 19.7. The highest BCUT2D eigenvalue weighted by Crippen LogP contribution is 2.32. The van der Waals surface area contributed by atoms with Gasteiger partial charge in [0.15, 0.2) is 0 Å². The highest BCUT2D eigenvalue weighted by atomic mass is 19.1. The molecule has 0 bridgehead atoms. The number of nitrogens with one attached hydrogen (secondary N) is 1. The molecule has 2 aromatic carbocycles. The number of carbonyl (C=O) groups is 2. The second kappa shape index (κ2) is 10.4. The van der Waals surface area contributed by atoms with Crippen molar-refractivity contribution in [2.75, 3.05) is 20.2 Å². The Kier molecular flexibility index (Phi) is 7.31. The molecule has 2 aliphatic heterocycles. The molecule has 0 radical (unpaired) electrons. The van der Waals surface area contributed by atoms with E-state index in [0.717, 1.165) is 32.4 Å². The Morgan fingerprint density at radius 3 is 2.58 bits per heavy atom. The first-order valence-corrected chi connectivity index (χ1v) is 11.9. The quantitative estimate of drug-likeness (QED) is 0.650. The minimum Gasteiger partial charge on any atom is -0.497 e. The van der Waals surface area contributed by atoms with E-state index in [2.05, 4.69) is 29.6 Å². The lowest BCUT2D eigenvalue weighted by Gasteiger charge is -2.34. The molecule has 1 N–H and O–H groups in total. The molecular formula is C27H33FN2O3. The maximum absolute atomic E-state index is 14.6. The summed E-state index contributed by atoms with van der Waals surface area (Å²) in [6, 6.07) is 15.3. The van der Waals surface area contributed by atoms with Gasteiger partial charge in [0.05, 0.1) is 7.11 Å². The Balaban J connectivity index is 1.32. The van der Waals surface area contributed by atoms with Crippen LogP contribution in [-0.4, -0.2) is 42.5 Å². The van der Waals surface area contributed by atoms with Gasteiger partial charge in [0.1, 0.15) is 11.6 Å². The number of hydrogen-bond donors (Lipinski definition) is 1. The number of likely N-dealkylation sites (tertiary alicyclic amines) is 1. The van der Waals surface area contributed by atoms with Gasteiger partial charge in [-0.2, -0.15) is 0 Å². The molecule has 2 aromatic rings. The van der Waals surface area contributed by atoms with Gasteiger partial charge in [-0.1, -0.05) is 36.4 Å². The summed E-state index contributed by atoms with van der Waals surface area (Å²) in [7, 11) is 1.50. The van der Waals surface area contributed by atoms with Crippen molar-refractivity contribution in [2.24, 2.45) is 5.92 Å². The molecule has 0 aliphatic carbocycles. The van der Waals surface area contributed by atoms with E-state index in [4.69, 9.17) is 4.74 Å². The molecule has 1 unspecified atom stereocenters. The predicted octanol–water partition coefficient (Wildman–Crippen LogP) is 4.29. The normalized spacial score (nSPS) is 21.2. The lowest BCUT2D eigenvalue weighted by atomic mass is 9.84. The molecule has 2 amide bonds. The number of methoxy groups -OCH3 is 1. The molecule has 5 nitrogen and oxygen atoms in total. The van der Waals surface area contributed by atoms with Crippen molar-refractivity contribution in [1.29, 1.82) is 0 Å². The van der Waals surface area contributed by atoms with Crippen LogP contribution in [0, 0.1) is 11.7 Å². The fourth-order valence-corrected chi connectivity index (χ4v) is 5.18. The molecular weight excluding hydrogens is 419 g/mol. The number of halogens is 1. The van der Waals surface area contributed by atoms with Gasteiger partial charge in [-0.25, -0.2) is 4.39 Å². The van der Waals surface area contributed by atoms with E-state index in [-0.39, 0.29) is 17.6 Å². The average molecular weight is 453 g/mol. The zero-order chi connectivity index (χ0) is 23.3. The lowest BCUT2D eigenvalue weighted by molar-refractivity contribution is -0.133. The van der Waals surface area contributed by atoms with Crippen molar-refractivity contribution < 1.29 is 18.7 Å². The summed E-state index contributed by atoms with van der Waals surface area (Å²) in [4.78, 5) is 27.0. The van der Waals surface area contributed by atoms with Gasteiger partial charge in [0.25, 0.3) is 0 Å². The van der Waals surface area contributed by atoms with Crippen molar-refractivity contribution in [3.8, 4) is 5.75 Å². The molecule has 0 saturated carbocycles. The lowest BCUT2D eigenvalue weighted by Crippen LogP contribution is -2.45. The third kappa shape index (κ3) is 5.92. The van der Waals surface area contributed by atoms with E-state index in [1.165, 1.54) is 18.7 Å². The fourth-order valence-electron chi connectivity index (χ4n) is 5.18. The van der Waals surface area contributed by atoms with E-state index < -0.39 is 5.54 Å². The maximum Gasteiger partial charge on any atom is 0.222 e. The zero-order valence-electron chi connectivity index (χ0n) is 19.3. The summed E-state index contributed by atoms with van der Waals surface area (Å²) in [6.45, 7) is 1.56. The van der Waals surface area contributed by atoms with Crippen LogP contribution in [0.3, 0.4) is 0 Å². The smallest absolute Gasteiger partial charge is 0.222 e. The Labute approximate surface area is 195 Å². The third-order valence-electron chi connectivity index (χ3n) is 7.18. The number of benzene rings is 2. The van der Waals surface area contributed by atoms with Crippen molar-refractivity contribution in [3.05, 3.63) is 65.5 Å². The second-order valence-corrected chi connectivity index (χ2v) is 9.48. The minimum atomic E-state index is -0.576. The third-order valence-corrected chi connectivity index (χ3v) is 7.18. The first-order chi connectivity index (χ1) is 16.0. The Hall–Kier alpha value is -2.89. The first-order valence-electron chi connectivity index (χ1n) is 11.9. The van der Waals surface area contributed by atoms with Gasteiger partial charge in [-0.15, -0.1) is 0 Å². The van der Waals surface area contributed by atoms with Crippen LogP contribution >= 0.6 is 0 Å². The number of amides is 2. The van der Waals surface area contributed by atoms with Crippen molar-refractivity contribution >= 4 is 11.8 Å². The number of carbonyl (C=O) groups excluding carboxylic acids is 2. The summed E-state index contributed by atoms with van der Waals surface area (Å²) in [5, 5.41) is 3.06. The van der Waals surface area contributed by atoms with Crippen LogP contribution in [0.15, 0.2) is 48.5 Å². The molecule has 2 fully saturated rings. The molecule has 6 heteroatoms. The predicted molar refractivity (Wildman–Crippen MR) is 125 cm³/mol. The van der Waals surface area contributed by atoms with E-state index in [9.17, 15) is 14.0 Å². The Morgan fingerprint density at radius 2 is 1.94 bits per heavy atom. The summed E-state index contributed by atoms with van der Waals surface area (Å²) in [5.41, 5.74) is 1.31. The average Bonchev–Trinajstić information content (AvgIpc) is 3.20. The molecule has 2 heterocycles. The van der Waals surface area contributed by atoms with Crippen LogP contribution in [0.1, 0.15) is 49.7 Å². The number of piperidine rings is 1. The number of ether oxygens (including phenoxy) is 1. The van der Waals surface area contributed by atoms with Gasteiger partial charge >= 0.3 is 0 Å². The molecule has 2 aliphatic rings. The molecule has 0 aromatic heterocycles. The monoisotopic (exact) mass is 452 g/mol. The fraction of sp³-hybridized carbons (Fsp3) is 0.481. The largest absolute Gasteiger partial charge is 0.497 e. The van der Waals surface area contributed by atoms with E-state index in [1.807, 2.05) is 11.0 Å². The molecule has 1 atom stereocenters. The van der Waals surface area contributed by atoms with Crippen molar-refractivity contribution in [1.82, 2.24) is 10.2 Å². The van der Waals surface area contributed by atoms with Gasteiger partial charge < -0.3 is 15.0 Å². The molecule has 33 heavy (non-hydrogen) atoms. The van der Waals surface area contributed by atoms with Gasteiger partial charge in [0, 0.05) is 37.5 Å². The van der Waals surface area contributed by atoms with Crippen molar-refractivity contribution in [3.63, 3.8) is 0 Å². The van der Waals surface area contributed by atoms with Crippen LogP contribution in [0.5, 0.6) is 5.75 Å². The summed E-state index contributed by atoms with van der Waals surface area (Å²) in [6.07, 6.45) is 5.38. The minimum absolute atomic E-state index is 0.0295. The SMILES string of the molecule is COc1ccc(CC2(CCC(=O)N3CCC(Cc4ccccc4)CC3)CCC(=O)N2)c(F)c1. The zero-order valence-corrected chi connectivity index (χ0v) is 19.3. The Morgan fingerprint density at radius 1 is 1.18 bits per heavy atom. The van der Waals surface area contributed by atoms with E-state index in [1.54, 1.807) is 12.1 Å². The van der Waals surface area contributed by atoms with Gasteiger partial charge in [-0.3, -0.25) is 9.59 Å². The standard InChI is InChI=1S/C27H33FN2O3/c1-33-23-8-7-22(24(28)18-23)19-27(13-9-25(31)29-27)14-10-26(32)30-15-11-21(12-16-30)17-20-5-3-2-4-6-20/h2-8,18,21H,9-17,19H2,1H3,(H,29,31). The maximum atomic E-state index is 14.6. The van der Waals surface area contributed by atoms with Crippen LogP contribution < -0.4 is 10.1 Å². The van der Waals surface area contributed by atoms with E-state index >= 15 is 0 Å². The summed E-state index contributed by atoms with van der Waals surface area (Å²) in [5.74, 6) is 0.824. The molecule has 4 rings (SSSR count). The highest BCUT2D eigenvalue weighted by Gasteiger charge is 2.39. The number of hydrogen-bond acceptors (Lipinski definition) is 3. The topological polar surface area (TPSA) is 58.6 Å². The van der Waals surface area contributed by atoms with Gasteiger partial charge in [-0.05, 0) is 61.6 Å². The van der Waals surface area contributed by atoms with E-state index in [0.29, 0.717) is 49.3 Å². The second-order valence-electron chi connectivity index (χ2n) is 9.48. The molecule has 0 spiro atoms. The van der Waals surface area contributed by atoms with Crippen LogP contribution in [0.2, 0.25) is 0 Å². The number of rotatable bonds is 8. The highest BCUT2D eigenvalue weighted by molar-refractivity contribution is 5.80. The van der Waals surface area contributed by atoms with Crippen LogP contribution in [0.4, 0.5) is 4.39 Å².